The fourth-order valence-corrected chi connectivity index (χ4v) is 2.02. The molecular weight excluding hydrogens is 307 g/mol. The Labute approximate surface area is 103 Å². The third kappa shape index (κ3) is 3.73. The van der Waals surface area contributed by atoms with E-state index in [1.807, 2.05) is 16.9 Å². The first-order chi connectivity index (χ1) is 7.34. The molecule has 0 amide bonds. The Morgan fingerprint density at radius 1 is 1.60 bits per heavy atom. The maximum Gasteiger partial charge on any atom is 0.157 e. The number of aromatic nitrogens is 2. The molecule has 0 radical (unpaired) electrons. The van der Waals surface area contributed by atoms with E-state index >= 15 is 0 Å². The molecule has 1 aromatic rings. The molecule has 2 heterocycles. The predicted molar refractivity (Wildman–Crippen MR) is 64.5 cm³/mol. The zero-order valence-electron chi connectivity index (χ0n) is 8.56. The summed E-state index contributed by atoms with van der Waals surface area (Å²) >= 11 is 2.20. The molecule has 1 saturated heterocycles. The average molecular weight is 322 g/mol. The maximum atomic E-state index is 5.61. The van der Waals surface area contributed by atoms with Gasteiger partial charge in [-0.25, -0.2) is 0 Å². The van der Waals surface area contributed by atoms with Crippen LogP contribution < -0.4 is 0 Å². The Bertz CT molecular complexity index is 297. The predicted octanol–water partition coefficient (Wildman–Crippen LogP) is 2.03. The highest BCUT2D eigenvalue weighted by Crippen LogP contribution is 2.13. The second kappa shape index (κ2) is 5.81. The molecule has 1 aromatic heterocycles. The Morgan fingerprint density at radius 3 is 3.20 bits per heavy atom. The number of hydrogen-bond donors (Lipinski definition) is 0. The van der Waals surface area contributed by atoms with Crippen LogP contribution in [0.2, 0.25) is 0 Å². The number of halogens is 1. The number of nitrogens with zero attached hydrogens (tertiary/aromatic N) is 2. The van der Waals surface area contributed by atoms with Gasteiger partial charge in [0.25, 0.3) is 0 Å². The molecule has 1 atom stereocenters. The second-order valence-electron chi connectivity index (χ2n) is 3.57. The summed E-state index contributed by atoms with van der Waals surface area (Å²) < 4.78 is 14.0. The standard InChI is InChI=1S/C10H15IN2O2/c11-9-4-5-13(12-9)6-8-15-10-3-1-2-7-14-10/h4-5,10H,1-3,6-8H2. The van der Waals surface area contributed by atoms with Crippen LogP contribution in [-0.2, 0) is 16.0 Å². The lowest BCUT2D eigenvalue weighted by Gasteiger charge is -2.22. The van der Waals surface area contributed by atoms with Crippen molar-refractivity contribution < 1.29 is 9.47 Å². The van der Waals surface area contributed by atoms with Gasteiger partial charge in [-0.15, -0.1) is 0 Å². The SMILES string of the molecule is Ic1ccn(CCOC2CCCCO2)n1. The first-order valence-corrected chi connectivity index (χ1v) is 6.34. The van der Waals surface area contributed by atoms with Gasteiger partial charge in [0, 0.05) is 12.8 Å². The molecule has 2 rings (SSSR count). The average Bonchev–Trinajstić information content (AvgIpc) is 2.66. The molecule has 0 N–H and O–H groups in total. The van der Waals surface area contributed by atoms with E-state index in [2.05, 4.69) is 27.7 Å². The summed E-state index contributed by atoms with van der Waals surface area (Å²) in [5.74, 6) is 0. The van der Waals surface area contributed by atoms with Gasteiger partial charge in [0.2, 0.25) is 0 Å². The number of hydrogen-bond acceptors (Lipinski definition) is 3. The minimum absolute atomic E-state index is 0.00776. The van der Waals surface area contributed by atoms with Gasteiger partial charge in [-0.2, -0.15) is 5.10 Å². The van der Waals surface area contributed by atoms with E-state index in [1.165, 1.54) is 6.42 Å². The van der Waals surface area contributed by atoms with E-state index in [0.29, 0.717) is 6.61 Å². The summed E-state index contributed by atoms with van der Waals surface area (Å²) in [4.78, 5) is 0. The van der Waals surface area contributed by atoms with E-state index in [9.17, 15) is 0 Å². The molecule has 1 fully saturated rings. The van der Waals surface area contributed by atoms with E-state index < -0.39 is 0 Å². The van der Waals surface area contributed by atoms with E-state index in [1.54, 1.807) is 0 Å². The highest BCUT2D eigenvalue weighted by atomic mass is 127. The van der Waals surface area contributed by atoms with Crippen LogP contribution in [0.1, 0.15) is 19.3 Å². The molecule has 4 nitrogen and oxygen atoms in total. The van der Waals surface area contributed by atoms with Gasteiger partial charge in [0.1, 0.15) is 3.70 Å². The van der Waals surface area contributed by atoms with Crippen molar-refractivity contribution >= 4 is 22.6 Å². The van der Waals surface area contributed by atoms with Crippen LogP contribution in [0.5, 0.6) is 0 Å². The number of ether oxygens (including phenoxy) is 2. The van der Waals surface area contributed by atoms with Gasteiger partial charge in [-0.05, 0) is 47.9 Å². The fourth-order valence-electron chi connectivity index (χ4n) is 1.58. The Hall–Kier alpha value is -0.140. The molecule has 1 unspecified atom stereocenters. The number of rotatable bonds is 4. The first-order valence-electron chi connectivity index (χ1n) is 5.27. The van der Waals surface area contributed by atoms with E-state index in [-0.39, 0.29) is 6.29 Å². The van der Waals surface area contributed by atoms with E-state index in [4.69, 9.17) is 9.47 Å². The van der Waals surface area contributed by atoms with Crippen molar-refractivity contribution in [1.82, 2.24) is 9.78 Å². The van der Waals surface area contributed by atoms with Crippen molar-refractivity contribution in [3.63, 3.8) is 0 Å². The lowest BCUT2D eigenvalue weighted by Crippen LogP contribution is -2.24. The highest BCUT2D eigenvalue weighted by Gasteiger charge is 2.13. The van der Waals surface area contributed by atoms with Crippen LogP contribution in [0.15, 0.2) is 12.3 Å². The van der Waals surface area contributed by atoms with Gasteiger partial charge in [0.05, 0.1) is 13.2 Å². The smallest absolute Gasteiger partial charge is 0.157 e. The fraction of sp³-hybridized carbons (Fsp3) is 0.700. The lowest BCUT2D eigenvalue weighted by atomic mass is 10.2. The lowest BCUT2D eigenvalue weighted by molar-refractivity contribution is -0.163. The molecule has 1 aliphatic heterocycles. The molecule has 1 aliphatic rings. The summed E-state index contributed by atoms with van der Waals surface area (Å²) in [6, 6.07) is 1.98. The van der Waals surface area contributed by atoms with Crippen LogP contribution in [-0.4, -0.2) is 29.3 Å². The molecule has 0 aliphatic carbocycles. The molecular formula is C10H15IN2O2. The molecule has 0 bridgehead atoms. The Balaban J connectivity index is 1.65. The minimum Gasteiger partial charge on any atom is -0.353 e. The summed E-state index contributed by atoms with van der Waals surface area (Å²) in [6.45, 7) is 2.30. The first kappa shape index (κ1) is 11.3. The Kier molecular flexibility index (Phi) is 4.40. The van der Waals surface area contributed by atoms with Gasteiger partial charge in [-0.1, -0.05) is 0 Å². The van der Waals surface area contributed by atoms with Crippen LogP contribution >= 0.6 is 22.6 Å². The van der Waals surface area contributed by atoms with Gasteiger partial charge in [0.15, 0.2) is 6.29 Å². The van der Waals surface area contributed by atoms with Gasteiger partial charge < -0.3 is 9.47 Å². The maximum absolute atomic E-state index is 5.61. The minimum atomic E-state index is 0.00776. The molecule has 84 valence electrons. The zero-order chi connectivity index (χ0) is 10.5. The summed E-state index contributed by atoms with van der Waals surface area (Å²) in [7, 11) is 0. The van der Waals surface area contributed by atoms with Crippen molar-refractivity contribution in [3.8, 4) is 0 Å². The van der Waals surface area contributed by atoms with Gasteiger partial charge in [-0.3, -0.25) is 4.68 Å². The third-order valence-corrected chi connectivity index (χ3v) is 2.95. The molecule has 0 aromatic carbocycles. The second-order valence-corrected chi connectivity index (χ2v) is 4.67. The molecule has 15 heavy (non-hydrogen) atoms. The molecule has 0 spiro atoms. The quantitative estimate of drug-likeness (QED) is 0.796. The largest absolute Gasteiger partial charge is 0.353 e. The van der Waals surface area contributed by atoms with Crippen LogP contribution in [0, 0.1) is 3.70 Å². The zero-order valence-corrected chi connectivity index (χ0v) is 10.7. The Morgan fingerprint density at radius 2 is 2.53 bits per heavy atom. The summed E-state index contributed by atoms with van der Waals surface area (Å²) in [5.41, 5.74) is 0. The van der Waals surface area contributed by atoms with Crippen molar-refractivity contribution in [3.05, 3.63) is 16.0 Å². The molecule has 0 saturated carbocycles. The van der Waals surface area contributed by atoms with Crippen molar-refractivity contribution in [2.24, 2.45) is 0 Å². The van der Waals surface area contributed by atoms with Crippen molar-refractivity contribution in [1.29, 1.82) is 0 Å². The van der Waals surface area contributed by atoms with Gasteiger partial charge >= 0.3 is 0 Å². The van der Waals surface area contributed by atoms with E-state index in [0.717, 1.165) is 29.7 Å². The topological polar surface area (TPSA) is 36.3 Å². The van der Waals surface area contributed by atoms with Crippen LogP contribution in [0.3, 0.4) is 0 Å². The van der Waals surface area contributed by atoms with Crippen LogP contribution in [0.4, 0.5) is 0 Å². The highest BCUT2D eigenvalue weighted by molar-refractivity contribution is 14.1. The van der Waals surface area contributed by atoms with Crippen LogP contribution in [0.25, 0.3) is 0 Å². The summed E-state index contributed by atoms with van der Waals surface area (Å²) in [5, 5.41) is 4.28. The normalized spacial score (nSPS) is 21.8. The third-order valence-electron chi connectivity index (χ3n) is 2.37. The van der Waals surface area contributed by atoms with Crippen molar-refractivity contribution in [2.75, 3.05) is 13.2 Å². The van der Waals surface area contributed by atoms with Crippen molar-refractivity contribution in [2.45, 2.75) is 32.1 Å². The molecule has 5 heteroatoms. The summed E-state index contributed by atoms with van der Waals surface area (Å²) in [6.07, 6.45) is 5.37. The monoisotopic (exact) mass is 322 g/mol.